The zero-order valence-electron chi connectivity index (χ0n) is 8.40. The van der Waals surface area contributed by atoms with Crippen LogP contribution < -0.4 is 4.74 Å². The lowest BCUT2D eigenvalue weighted by molar-refractivity contribution is 0.393. The number of nitrogens with zero attached hydrogens (tertiary/aromatic N) is 2. The van der Waals surface area contributed by atoms with E-state index >= 15 is 0 Å². The molecule has 0 saturated heterocycles. The zero-order valence-corrected chi connectivity index (χ0v) is 9.99. The predicted molar refractivity (Wildman–Crippen MR) is 64.7 cm³/mol. The third kappa shape index (κ3) is 2.76. The van der Waals surface area contributed by atoms with E-state index in [-0.39, 0.29) is 0 Å². The molecule has 0 aliphatic carbocycles. The molecule has 1 heterocycles. The summed E-state index contributed by atoms with van der Waals surface area (Å²) in [6.07, 6.45) is 6.76. The van der Waals surface area contributed by atoms with Crippen LogP contribution in [0.4, 0.5) is 0 Å². The van der Waals surface area contributed by atoms with E-state index in [9.17, 15) is 0 Å². The molecule has 0 aliphatic heterocycles. The Hall–Kier alpha value is -1.42. The summed E-state index contributed by atoms with van der Waals surface area (Å²) in [5.74, 6) is 1.06. The Morgan fingerprint density at radius 2 is 2.27 bits per heavy atom. The summed E-state index contributed by atoms with van der Waals surface area (Å²) >= 11 is 3.29. The highest BCUT2D eigenvalue weighted by atomic mass is 79.9. The van der Waals surface area contributed by atoms with Gasteiger partial charge in [0.2, 0.25) is 5.88 Å². The van der Waals surface area contributed by atoms with E-state index in [4.69, 9.17) is 4.74 Å². The van der Waals surface area contributed by atoms with Crippen LogP contribution in [0.25, 0.3) is 5.57 Å². The number of ether oxygens (including phenoxy) is 1. The highest BCUT2D eigenvalue weighted by molar-refractivity contribution is 9.10. The Balaban J connectivity index is 3.20. The van der Waals surface area contributed by atoms with Gasteiger partial charge in [-0.25, -0.2) is 4.98 Å². The molecule has 15 heavy (non-hydrogen) atoms. The molecule has 1 aromatic heterocycles. The van der Waals surface area contributed by atoms with Crippen molar-refractivity contribution in [1.82, 2.24) is 9.97 Å². The smallest absolute Gasteiger partial charge is 0.231 e. The number of rotatable bonds is 4. The van der Waals surface area contributed by atoms with Crippen LogP contribution in [0.2, 0.25) is 0 Å². The Kier molecular flexibility index (Phi) is 4.24. The minimum absolute atomic E-state index is 0.497. The Bertz CT molecular complexity index is 413. The molecule has 78 valence electrons. The fraction of sp³-hybridized carbons (Fsp3) is 0.0909. The molecule has 0 saturated carbocycles. The molecule has 0 aromatic carbocycles. The largest absolute Gasteiger partial charge is 0.480 e. The number of aromatic nitrogens is 2. The molecule has 0 N–H and O–H groups in total. The average molecular weight is 267 g/mol. The summed E-state index contributed by atoms with van der Waals surface area (Å²) in [6, 6.07) is 0. The summed E-state index contributed by atoms with van der Waals surface area (Å²) in [7, 11) is 1.56. The van der Waals surface area contributed by atoms with Gasteiger partial charge < -0.3 is 4.74 Å². The van der Waals surface area contributed by atoms with Gasteiger partial charge in [-0.3, -0.25) is 0 Å². The second kappa shape index (κ2) is 5.46. The standard InChI is InChI=1S/C11H11BrN2O/c1-4-6-8(5-2)10-13-7-9(12)11(14-10)15-3/h4-7H,1-2H2,3H3. The Morgan fingerprint density at radius 3 is 2.80 bits per heavy atom. The van der Waals surface area contributed by atoms with Crippen molar-refractivity contribution in [2.75, 3.05) is 7.11 Å². The molecule has 0 atom stereocenters. The zero-order chi connectivity index (χ0) is 11.3. The van der Waals surface area contributed by atoms with Crippen LogP contribution in [0.1, 0.15) is 5.82 Å². The quantitative estimate of drug-likeness (QED) is 0.786. The van der Waals surface area contributed by atoms with E-state index in [2.05, 4.69) is 39.1 Å². The number of hydrogen-bond acceptors (Lipinski definition) is 3. The summed E-state index contributed by atoms with van der Waals surface area (Å²) in [4.78, 5) is 8.36. The van der Waals surface area contributed by atoms with Crippen LogP contribution >= 0.6 is 15.9 Å². The minimum Gasteiger partial charge on any atom is -0.480 e. The first-order valence-electron chi connectivity index (χ1n) is 4.25. The van der Waals surface area contributed by atoms with Crippen molar-refractivity contribution in [3.8, 4) is 5.88 Å². The van der Waals surface area contributed by atoms with Gasteiger partial charge in [0.25, 0.3) is 0 Å². The second-order valence-corrected chi connectivity index (χ2v) is 3.47. The monoisotopic (exact) mass is 266 g/mol. The van der Waals surface area contributed by atoms with Gasteiger partial charge in [-0.1, -0.05) is 31.4 Å². The van der Waals surface area contributed by atoms with E-state index in [1.165, 1.54) is 0 Å². The van der Waals surface area contributed by atoms with Crippen molar-refractivity contribution >= 4 is 21.5 Å². The minimum atomic E-state index is 0.497. The molecule has 1 rings (SSSR count). The van der Waals surface area contributed by atoms with E-state index in [0.29, 0.717) is 11.7 Å². The second-order valence-electron chi connectivity index (χ2n) is 2.61. The summed E-state index contributed by atoms with van der Waals surface area (Å²) < 4.78 is 5.79. The van der Waals surface area contributed by atoms with Gasteiger partial charge >= 0.3 is 0 Å². The first-order valence-corrected chi connectivity index (χ1v) is 5.04. The molecule has 0 amide bonds. The third-order valence-corrected chi connectivity index (χ3v) is 2.22. The van der Waals surface area contributed by atoms with Crippen molar-refractivity contribution < 1.29 is 4.74 Å². The molecule has 0 unspecified atom stereocenters. The topological polar surface area (TPSA) is 35.0 Å². The maximum absolute atomic E-state index is 5.07. The van der Waals surface area contributed by atoms with Crippen molar-refractivity contribution in [3.05, 3.63) is 47.9 Å². The summed E-state index contributed by atoms with van der Waals surface area (Å²) in [6.45, 7) is 7.30. The van der Waals surface area contributed by atoms with Gasteiger partial charge in [-0.15, -0.1) is 0 Å². The number of allylic oxidation sites excluding steroid dienone is 4. The van der Waals surface area contributed by atoms with Crippen LogP contribution in [0, 0.1) is 0 Å². The molecule has 0 bridgehead atoms. The first kappa shape index (κ1) is 11.7. The Labute approximate surface area is 97.3 Å². The van der Waals surface area contributed by atoms with Gasteiger partial charge in [0.15, 0.2) is 5.82 Å². The highest BCUT2D eigenvalue weighted by Gasteiger charge is 2.06. The average Bonchev–Trinajstić information content (AvgIpc) is 2.27. The lowest BCUT2D eigenvalue weighted by atomic mass is 10.2. The van der Waals surface area contributed by atoms with E-state index in [0.717, 1.165) is 10.0 Å². The van der Waals surface area contributed by atoms with Gasteiger partial charge in [0.1, 0.15) is 0 Å². The highest BCUT2D eigenvalue weighted by Crippen LogP contribution is 2.23. The fourth-order valence-corrected chi connectivity index (χ4v) is 1.35. The number of halogens is 1. The third-order valence-electron chi connectivity index (χ3n) is 1.68. The summed E-state index contributed by atoms with van der Waals surface area (Å²) in [5.41, 5.74) is 0.802. The molecule has 4 heteroatoms. The van der Waals surface area contributed by atoms with E-state index < -0.39 is 0 Å². The van der Waals surface area contributed by atoms with Gasteiger partial charge in [0, 0.05) is 11.8 Å². The van der Waals surface area contributed by atoms with Crippen LogP contribution in [0.3, 0.4) is 0 Å². The van der Waals surface area contributed by atoms with Crippen molar-refractivity contribution in [2.24, 2.45) is 0 Å². The predicted octanol–water partition coefficient (Wildman–Crippen LogP) is 3.00. The van der Waals surface area contributed by atoms with Crippen molar-refractivity contribution in [3.63, 3.8) is 0 Å². The fourth-order valence-electron chi connectivity index (χ4n) is 0.995. The molecule has 0 aliphatic rings. The Morgan fingerprint density at radius 1 is 1.53 bits per heavy atom. The molecule has 1 aromatic rings. The van der Waals surface area contributed by atoms with E-state index in [1.807, 2.05) is 0 Å². The normalized spacial score (nSPS) is 10.9. The lowest BCUT2D eigenvalue weighted by Gasteiger charge is -2.04. The lowest BCUT2D eigenvalue weighted by Crippen LogP contribution is -1.96. The molecule has 0 spiro atoms. The molecule has 0 fully saturated rings. The van der Waals surface area contributed by atoms with Gasteiger partial charge in [-0.2, -0.15) is 4.98 Å². The molecular formula is C11H11BrN2O. The number of methoxy groups -OCH3 is 1. The molecule has 3 nitrogen and oxygen atoms in total. The van der Waals surface area contributed by atoms with Crippen LogP contribution in [-0.2, 0) is 0 Å². The maximum atomic E-state index is 5.07. The summed E-state index contributed by atoms with van der Waals surface area (Å²) in [5, 5.41) is 0. The first-order chi connectivity index (χ1) is 7.22. The number of hydrogen-bond donors (Lipinski definition) is 0. The van der Waals surface area contributed by atoms with Gasteiger partial charge in [0.05, 0.1) is 11.6 Å². The van der Waals surface area contributed by atoms with Crippen molar-refractivity contribution in [1.29, 1.82) is 0 Å². The van der Waals surface area contributed by atoms with Gasteiger partial charge in [-0.05, 0) is 15.9 Å². The maximum Gasteiger partial charge on any atom is 0.231 e. The van der Waals surface area contributed by atoms with E-state index in [1.54, 1.807) is 31.5 Å². The van der Waals surface area contributed by atoms with Crippen molar-refractivity contribution in [2.45, 2.75) is 0 Å². The molecule has 0 radical (unpaired) electrons. The molecular weight excluding hydrogens is 256 g/mol. The van der Waals surface area contributed by atoms with Crippen LogP contribution in [0.15, 0.2) is 42.1 Å². The van der Waals surface area contributed by atoms with Crippen LogP contribution in [-0.4, -0.2) is 17.1 Å². The SMILES string of the molecule is C=CC=C(C=C)c1ncc(Br)c(OC)n1. The van der Waals surface area contributed by atoms with Crippen LogP contribution in [0.5, 0.6) is 5.88 Å².